The molecule has 0 saturated carbocycles. The summed E-state index contributed by atoms with van der Waals surface area (Å²) in [6.45, 7) is 0. The molecule has 0 unspecified atom stereocenters. The number of aliphatic hydroxyl groups is 1. The van der Waals surface area contributed by atoms with Gasteiger partial charge in [-0.25, -0.2) is 4.79 Å². The lowest BCUT2D eigenvalue weighted by atomic mass is 10.2. The molecule has 13 heavy (non-hydrogen) atoms. The number of hydrogen-bond donors (Lipinski definition) is 2. The van der Waals surface area contributed by atoms with Crippen LogP contribution in [0.2, 0.25) is 0 Å². The first-order chi connectivity index (χ1) is 6.20. The van der Waals surface area contributed by atoms with E-state index < -0.39 is 11.7 Å². The molecule has 68 valence electrons. The molecule has 1 aromatic heterocycles. The van der Waals surface area contributed by atoms with Crippen LogP contribution in [-0.2, 0) is 11.2 Å². The Bertz CT molecular complexity index is 319. The van der Waals surface area contributed by atoms with Crippen LogP contribution in [0, 0.1) is 0 Å². The fraction of sp³-hybridized carbons (Fsp3) is 0.111. The maximum Gasteiger partial charge on any atom is 0.370 e. The van der Waals surface area contributed by atoms with Crippen LogP contribution in [0.1, 0.15) is 5.56 Å². The monoisotopic (exact) mass is 179 g/mol. The second-order valence-electron chi connectivity index (χ2n) is 2.46. The number of aliphatic carboxylic acids is 1. The van der Waals surface area contributed by atoms with Crippen LogP contribution in [0.15, 0.2) is 36.4 Å². The Morgan fingerprint density at radius 1 is 1.54 bits per heavy atom. The van der Waals surface area contributed by atoms with Crippen molar-refractivity contribution in [2.45, 2.75) is 6.42 Å². The number of aromatic nitrogens is 1. The molecule has 1 aromatic rings. The molecule has 2 N–H and O–H groups in total. The van der Waals surface area contributed by atoms with Gasteiger partial charge in [0.2, 0.25) is 0 Å². The van der Waals surface area contributed by atoms with Gasteiger partial charge in [0.1, 0.15) is 0 Å². The minimum Gasteiger partial charge on any atom is -0.502 e. The van der Waals surface area contributed by atoms with Crippen LogP contribution in [-0.4, -0.2) is 21.2 Å². The van der Waals surface area contributed by atoms with E-state index in [4.69, 9.17) is 10.2 Å². The highest BCUT2D eigenvalue weighted by Crippen LogP contribution is 1.99. The van der Waals surface area contributed by atoms with Crippen LogP contribution < -0.4 is 0 Å². The first-order valence-electron chi connectivity index (χ1n) is 3.71. The van der Waals surface area contributed by atoms with Gasteiger partial charge in [-0.1, -0.05) is 6.07 Å². The number of allylic oxidation sites excluding steroid dienone is 1. The zero-order chi connectivity index (χ0) is 9.68. The molecule has 0 radical (unpaired) electrons. The van der Waals surface area contributed by atoms with E-state index in [0.29, 0.717) is 6.42 Å². The average molecular weight is 179 g/mol. The van der Waals surface area contributed by atoms with E-state index in [9.17, 15) is 4.79 Å². The lowest BCUT2D eigenvalue weighted by Gasteiger charge is -1.94. The Morgan fingerprint density at radius 2 is 2.31 bits per heavy atom. The van der Waals surface area contributed by atoms with Gasteiger partial charge in [-0.3, -0.25) is 4.98 Å². The minimum absolute atomic E-state index is 0.367. The van der Waals surface area contributed by atoms with Gasteiger partial charge >= 0.3 is 5.97 Å². The number of rotatable bonds is 3. The summed E-state index contributed by atoms with van der Waals surface area (Å²) in [5.41, 5.74) is 0.857. The van der Waals surface area contributed by atoms with E-state index in [0.717, 1.165) is 5.56 Å². The number of aliphatic hydroxyl groups excluding tert-OH is 1. The Hall–Kier alpha value is -1.84. The first kappa shape index (κ1) is 9.25. The molecular formula is C9H9NO3. The van der Waals surface area contributed by atoms with E-state index in [1.807, 2.05) is 0 Å². The van der Waals surface area contributed by atoms with Crippen molar-refractivity contribution in [1.82, 2.24) is 4.98 Å². The molecule has 0 spiro atoms. The topological polar surface area (TPSA) is 70.4 Å². The van der Waals surface area contributed by atoms with Crippen LogP contribution in [0.25, 0.3) is 0 Å². The normalized spacial score (nSPS) is 11.2. The van der Waals surface area contributed by atoms with Gasteiger partial charge in [0, 0.05) is 12.4 Å². The summed E-state index contributed by atoms with van der Waals surface area (Å²) < 4.78 is 0. The van der Waals surface area contributed by atoms with Crippen LogP contribution in [0.3, 0.4) is 0 Å². The molecule has 0 aliphatic carbocycles. The van der Waals surface area contributed by atoms with E-state index in [1.54, 1.807) is 24.5 Å². The Labute approximate surface area is 75.2 Å². The highest BCUT2D eigenvalue weighted by atomic mass is 16.4. The molecule has 4 heteroatoms. The van der Waals surface area contributed by atoms with E-state index in [1.165, 1.54) is 6.08 Å². The number of carbonyl (C=O) groups is 1. The first-order valence-corrected chi connectivity index (χ1v) is 3.71. The molecule has 0 fully saturated rings. The molecule has 0 saturated heterocycles. The van der Waals surface area contributed by atoms with Gasteiger partial charge in [0.05, 0.1) is 0 Å². The van der Waals surface area contributed by atoms with Crippen LogP contribution >= 0.6 is 0 Å². The highest BCUT2D eigenvalue weighted by molar-refractivity contribution is 5.83. The summed E-state index contributed by atoms with van der Waals surface area (Å²) in [6.07, 6.45) is 4.85. The predicted molar refractivity (Wildman–Crippen MR) is 46.3 cm³/mol. The lowest BCUT2D eigenvalue weighted by Crippen LogP contribution is -1.99. The quantitative estimate of drug-likeness (QED) is 0.539. The fourth-order valence-corrected chi connectivity index (χ4v) is 0.821. The highest BCUT2D eigenvalue weighted by Gasteiger charge is 2.01. The summed E-state index contributed by atoms with van der Waals surface area (Å²) >= 11 is 0. The zero-order valence-corrected chi connectivity index (χ0v) is 6.84. The molecule has 4 nitrogen and oxygen atoms in total. The van der Waals surface area contributed by atoms with E-state index in [-0.39, 0.29) is 0 Å². The molecule has 0 atom stereocenters. The van der Waals surface area contributed by atoms with Crippen LogP contribution in [0.4, 0.5) is 0 Å². The minimum atomic E-state index is -1.32. The number of hydrogen-bond acceptors (Lipinski definition) is 3. The maximum atomic E-state index is 10.2. The number of nitrogens with zero attached hydrogens (tertiary/aromatic N) is 1. The molecule has 0 aliphatic rings. The van der Waals surface area contributed by atoms with Crippen LogP contribution in [0.5, 0.6) is 0 Å². The molecule has 0 aromatic carbocycles. The molecular weight excluding hydrogens is 170 g/mol. The summed E-state index contributed by atoms with van der Waals surface area (Å²) in [7, 11) is 0. The second kappa shape index (κ2) is 4.25. The molecule has 0 amide bonds. The van der Waals surface area contributed by atoms with E-state index in [2.05, 4.69) is 4.98 Å². The summed E-state index contributed by atoms with van der Waals surface area (Å²) in [4.78, 5) is 14.0. The average Bonchev–Trinajstić information content (AvgIpc) is 2.15. The van der Waals surface area contributed by atoms with Crippen molar-refractivity contribution >= 4 is 5.97 Å². The fourth-order valence-electron chi connectivity index (χ4n) is 0.821. The van der Waals surface area contributed by atoms with Gasteiger partial charge in [0.25, 0.3) is 0 Å². The van der Waals surface area contributed by atoms with Gasteiger partial charge in [-0.05, 0) is 24.1 Å². The molecule has 1 heterocycles. The molecule has 0 aliphatic heterocycles. The van der Waals surface area contributed by atoms with Crippen molar-refractivity contribution in [3.05, 3.63) is 41.9 Å². The summed E-state index contributed by atoms with van der Waals surface area (Å²) in [6, 6.07) is 3.56. The third-order valence-electron chi connectivity index (χ3n) is 1.47. The summed E-state index contributed by atoms with van der Waals surface area (Å²) in [5.74, 6) is -1.95. The van der Waals surface area contributed by atoms with Crippen molar-refractivity contribution < 1.29 is 15.0 Å². The number of carboxylic acids is 1. The third kappa shape index (κ3) is 2.94. The zero-order valence-electron chi connectivity index (χ0n) is 6.84. The van der Waals surface area contributed by atoms with Crippen molar-refractivity contribution in [3.63, 3.8) is 0 Å². The third-order valence-corrected chi connectivity index (χ3v) is 1.47. The summed E-state index contributed by atoms with van der Waals surface area (Å²) in [5, 5.41) is 17.2. The molecule has 1 rings (SSSR count). The largest absolute Gasteiger partial charge is 0.502 e. The smallest absolute Gasteiger partial charge is 0.370 e. The Morgan fingerprint density at radius 3 is 2.85 bits per heavy atom. The van der Waals surface area contributed by atoms with Gasteiger partial charge in [-0.2, -0.15) is 0 Å². The standard InChI is InChI=1S/C9H9NO3/c11-8(9(12)13)4-3-7-2-1-5-10-6-7/h1-2,4-6,11H,3H2,(H,12,13). The van der Waals surface area contributed by atoms with Crippen molar-refractivity contribution in [3.8, 4) is 0 Å². The van der Waals surface area contributed by atoms with Crippen molar-refractivity contribution in [2.75, 3.05) is 0 Å². The Balaban J connectivity index is 2.62. The second-order valence-corrected chi connectivity index (χ2v) is 2.46. The number of pyridine rings is 1. The SMILES string of the molecule is O=C(O)C(O)=CCc1cccnc1. The van der Waals surface area contributed by atoms with Gasteiger partial charge in [-0.15, -0.1) is 0 Å². The van der Waals surface area contributed by atoms with Gasteiger partial charge in [0.15, 0.2) is 5.76 Å². The molecule has 0 bridgehead atoms. The number of carboxylic acid groups (broad SMARTS) is 1. The Kier molecular flexibility index (Phi) is 3.03. The van der Waals surface area contributed by atoms with E-state index >= 15 is 0 Å². The van der Waals surface area contributed by atoms with Gasteiger partial charge < -0.3 is 10.2 Å². The van der Waals surface area contributed by atoms with Crippen molar-refractivity contribution in [1.29, 1.82) is 0 Å². The van der Waals surface area contributed by atoms with Crippen molar-refractivity contribution in [2.24, 2.45) is 0 Å². The predicted octanol–water partition coefficient (Wildman–Crippen LogP) is 1.15. The maximum absolute atomic E-state index is 10.2. The lowest BCUT2D eigenvalue weighted by molar-refractivity contribution is -0.135.